The zero-order chi connectivity index (χ0) is 24.6. The minimum atomic E-state index is -0.257. The summed E-state index contributed by atoms with van der Waals surface area (Å²) in [5.41, 5.74) is 2.98. The standard InChI is InChI=1S/C26H30N4O4S/c1-33-15-12-27-26(32)30-13-10-19(11-14-30)25-29-23(17-35-25)24(31)28-22-16-20(34-2)8-9-21(22)18-6-4-3-5-7-18/h3-9,16-17,19H,10-15H2,1-2H3,(H,27,32)(H,28,31). The number of ether oxygens (including phenoxy) is 2. The van der Waals surface area contributed by atoms with Crippen molar-refractivity contribution in [1.82, 2.24) is 15.2 Å². The summed E-state index contributed by atoms with van der Waals surface area (Å²) in [5.74, 6) is 0.645. The van der Waals surface area contributed by atoms with Gasteiger partial charge in [0.25, 0.3) is 5.91 Å². The fraction of sp³-hybridized carbons (Fsp3) is 0.346. The van der Waals surface area contributed by atoms with Crippen LogP contribution in [0.5, 0.6) is 5.75 Å². The van der Waals surface area contributed by atoms with Gasteiger partial charge in [0, 0.05) is 49.7 Å². The van der Waals surface area contributed by atoms with Gasteiger partial charge in [0.1, 0.15) is 11.4 Å². The van der Waals surface area contributed by atoms with E-state index in [2.05, 4.69) is 15.6 Å². The predicted molar refractivity (Wildman–Crippen MR) is 137 cm³/mol. The van der Waals surface area contributed by atoms with Crippen LogP contribution in [0.3, 0.4) is 0 Å². The van der Waals surface area contributed by atoms with E-state index in [0.717, 1.165) is 29.0 Å². The van der Waals surface area contributed by atoms with Crippen LogP contribution in [0.2, 0.25) is 0 Å². The molecule has 2 heterocycles. The molecule has 0 atom stereocenters. The third-order valence-electron chi connectivity index (χ3n) is 6.03. The van der Waals surface area contributed by atoms with Crippen LogP contribution < -0.4 is 15.4 Å². The first-order chi connectivity index (χ1) is 17.1. The molecule has 1 saturated heterocycles. The van der Waals surface area contributed by atoms with Crippen molar-refractivity contribution >= 4 is 29.0 Å². The second-order valence-electron chi connectivity index (χ2n) is 8.29. The lowest BCUT2D eigenvalue weighted by atomic mass is 9.98. The highest BCUT2D eigenvalue weighted by Gasteiger charge is 2.26. The molecule has 184 valence electrons. The van der Waals surface area contributed by atoms with Gasteiger partial charge in [0.2, 0.25) is 0 Å². The van der Waals surface area contributed by atoms with Crippen molar-refractivity contribution in [3.8, 4) is 16.9 Å². The molecule has 35 heavy (non-hydrogen) atoms. The number of nitrogens with zero attached hydrogens (tertiary/aromatic N) is 2. The molecule has 0 bridgehead atoms. The lowest BCUT2D eigenvalue weighted by molar-refractivity contribution is 0.102. The predicted octanol–water partition coefficient (Wildman–Crippen LogP) is 4.61. The van der Waals surface area contributed by atoms with Crippen molar-refractivity contribution in [2.24, 2.45) is 0 Å². The van der Waals surface area contributed by atoms with E-state index in [0.29, 0.717) is 43.4 Å². The third kappa shape index (κ3) is 6.17. The van der Waals surface area contributed by atoms with Crippen molar-refractivity contribution in [2.75, 3.05) is 45.8 Å². The Hall–Kier alpha value is -3.43. The summed E-state index contributed by atoms with van der Waals surface area (Å²) >= 11 is 1.50. The minimum absolute atomic E-state index is 0.0628. The number of carbonyl (C=O) groups is 2. The maximum Gasteiger partial charge on any atom is 0.317 e. The average molecular weight is 495 g/mol. The van der Waals surface area contributed by atoms with Crippen LogP contribution in [0.4, 0.5) is 10.5 Å². The van der Waals surface area contributed by atoms with E-state index in [9.17, 15) is 9.59 Å². The Labute approximate surface area is 209 Å². The molecule has 3 amide bonds. The van der Waals surface area contributed by atoms with E-state index in [4.69, 9.17) is 9.47 Å². The number of urea groups is 1. The van der Waals surface area contributed by atoms with Crippen molar-refractivity contribution in [2.45, 2.75) is 18.8 Å². The Morgan fingerprint density at radius 3 is 2.60 bits per heavy atom. The molecule has 3 aromatic rings. The number of anilines is 1. The van der Waals surface area contributed by atoms with Crippen LogP contribution in [-0.2, 0) is 4.74 Å². The lowest BCUT2D eigenvalue weighted by Gasteiger charge is -2.31. The second-order valence-corrected chi connectivity index (χ2v) is 9.18. The molecule has 4 rings (SSSR count). The molecule has 2 N–H and O–H groups in total. The third-order valence-corrected chi connectivity index (χ3v) is 7.04. The Kier molecular flexibility index (Phi) is 8.33. The molecule has 2 aromatic carbocycles. The summed E-state index contributed by atoms with van der Waals surface area (Å²) in [4.78, 5) is 31.8. The molecule has 9 heteroatoms. The van der Waals surface area contributed by atoms with Gasteiger partial charge in [-0.25, -0.2) is 9.78 Å². The summed E-state index contributed by atoms with van der Waals surface area (Å²) in [6.45, 7) is 2.32. The number of hydrogen-bond acceptors (Lipinski definition) is 6. The SMILES string of the molecule is COCCNC(=O)N1CCC(c2nc(C(=O)Nc3cc(OC)ccc3-c3ccccc3)cs2)CC1. The van der Waals surface area contributed by atoms with Crippen LogP contribution in [0.25, 0.3) is 11.1 Å². The van der Waals surface area contributed by atoms with E-state index in [1.54, 1.807) is 19.6 Å². The highest BCUT2D eigenvalue weighted by molar-refractivity contribution is 7.10. The second kappa shape index (κ2) is 11.8. The molecule has 1 aliphatic heterocycles. The molecule has 0 unspecified atom stereocenters. The van der Waals surface area contributed by atoms with E-state index >= 15 is 0 Å². The maximum absolute atomic E-state index is 13.1. The minimum Gasteiger partial charge on any atom is -0.497 e. The average Bonchev–Trinajstić information content (AvgIpc) is 3.40. The monoisotopic (exact) mass is 494 g/mol. The molecule has 0 saturated carbocycles. The Morgan fingerprint density at radius 2 is 1.89 bits per heavy atom. The molecule has 1 aromatic heterocycles. The number of benzene rings is 2. The summed E-state index contributed by atoms with van der Waals surface area (Å²) in [5, 5.41) is 8.61. The lowest BCUT2D eigenvalue weighted by Crippen LogP contribution is -2.44. The van der Waals surface area contributed by atoms with E-state index in [-0.39, 0.29) is 17.9 Å². The van der Waals surface area contributed by atoms with Gasteiger partial charge < -0.3 is 25.0 Å². The summed E-state index contributed by atoms with van der Waals surface area (Å²) < 4.78 is 10.3. The van der Waals surface area contributed by atoms with E-state index in [1.807, 2.05) is 53.4 Å². The zero-order valence-electron chi connectivity index (χ0n) is 20.0. The number of rotatable bonds is 8. The van der Waals surface area contributed by atoms with Gasteiger partial charge in [0.15, 0.2) is 0 Å². The topological polar surface area (TPSA) is 92.8 Å². The van der Waals surface area contributed by atoms with Crippen molar-refractivity contribution < 1.29 is 19.1 Å². The number of methoxy groups -OCH3 is 2. The van der Waals surface area contributed by atoms with Gasteiger partial charge in [-0.15, -0.1) is 11.3 Å². The highest BCUT2D eigenvalue weighted by atomic mass is 32.1. The smallest absolute Gasteiger partial charge is 0.317 e. The molecule has 0 radical (unpaired) electrons. The number of nitrogens with one attached hydrogen (secondary N) is 2. The fourth-order valence-electron chi connectivity index (χ4n) is 4.09. The van der Waals surface area contributed by atoms with E-state index < -0.39 is 0 Å². The van der Waals surface area contributed by atoms with Crippen LogP contribution in [0.15, 0.2) is 53.9 Å². The van der Waals surface area contributed by atoms with Gasteiger partial charge in [-0.2, -0.15) is 0 Å². The van der Waals surface area contributed by atoms with Gasteiger partial charge in [-0.05, 0) is 30.5 Å². The molecule has 0 spiro atoms. The Morgan fingerprint density at radius 1 is 1.11 bits per heavy atom. The first-order valence-corrected chi connectivity index (χ1v) is 12.5. The molecular formula is C26H30N4O4S. The quantitative estimate of drug-likeness (QED) is 0.446. The highest BCUT2D eigenvalue weighted by Crippen LogP contribution is 2.33. The molecule has 1 aliphatic rings. The number of carbonyl (C=O) groups excluding carboxylic acids is 2. The van der Waals surface area contributed by atoms with Gasteiger partial charge >= 0.3 is 6.03 Å². The molecular weight excluding hydrogens is 464 g/mol. The van der Waals surface area contributed by atoms with Gasteiger partial charge in [-0.1, -0.05) is 30.3 Å². The van der Waals surface area contributed by atoms with Crippen LogP contribution in [0, 0.1) is 0 Å². The number of likely N-dealkylation sites (tertiary alicyclic amines) is 1. The number of thiazole rings is 1. The molecule has 1 fully saturated rings. The summed E-state index contributed by atoms with van der Waals surface area (Å²) in [6, 6.07) is 15.5. The van der Waals surface area contributed by atoms with Crippen molar-refractivity contribution in [3.05, 3.63) is 64.6 Å². The summed E-state index contributed by atoms with van der Waals surface area (Å²) in [6.07, 6.45) is 1.64. The van der Waals surface area contributed by atoms with Gasteiger partial charge in [-0.3, -0.25) is 4.79 Å². The van der Waals surface area contributed by atoms with Crippen molar-refractivity contribution in [1.29, 1.82) is 0 Å². The first kappa shape index (κ1) is 24.7. The summed E-state index contributed by atoms with van der Waals surface area (Å²) in [7, 11) is 3.21. The van der Waals surface area contributed by atoms with E-state index in [1.165, 1.54) is 11.3 Å². The maximum atomic E-state index is 13.1. The van der Waals surface area contributed by atoms with Crippen molar-refractivity contribution in [3.63, 3.8) is 0 Å². The number of hydrogen-bond donors (Lipinski definition) is 2. The fourth-order valence-corrected chi connectivity index (χ4v) is 5.06. The molecule has 8 nitrogen and oxygen atoms in total. The van der Waals surface area contributed by atoms with Crippen LogP contribution in [0.1, 0.15) is 34.3 Å². The van der Waals surface area contributed by atoms with Gasteiger partial charge in [0.05, 0.1) is 24.4 Å². The first-order valence-electron chi connectivity index (χ1n) is 11.6. The largest absolute Gasteiger partial charge is 0.497 e. The van der Waals surface area contributed by atoms with Crippen LogP contribution in [-0.4, -0.2) is 62.3 Å². The zero-order valence-corrected chi connectivity index (χ0v) is 20.8. The number of aromatic nitrogens is 1. The Bertz CT molecular complexity index is 1140. The normalized spacial score (nSPS) is 13.9. The Balaban J connectivity index is 1.40. The number of amides is 3. The molecule has 0 aliphatic carbocycles. The number of piperidine rings is 1. The van der Waals surface area contributed by atoms with Crippen LogP contribution >= 0.6 is 11.3 Å².